The molecule has 0 fully saturated rings. The Hall–Kier alpha value is -1.16. The van der Waals surface area contributed by atoms with Crippen molar-refractivity contribution >= 4 is 0 Å². The van der Waals surface area contributed by atoms with E-state index in [1.807, 2.05) is 0 Å². The molecule has 12 heavy (non-hydrogen) atoms. The predicted octanol–water partition coefficient (Wildman–Crippen LogP) is 1.69. The molecule has 0 spiro atoms. The Balaban J connectivity index is 3.21. The van der Waals surface area contributed by atoms with Crippen LogP contribution in [0.4, 0.5) is 8.78 Å². The zero-order valence-electron chi connectivity index (χ0n) is 6.51. The van der Waals surface area contributed by atoms with Gasteiger partial charge in [0.15, 0.2) is 17.4 Å². The quantitative estimate of drug-likeness (QED) is 0.678. The maximum atomic E-state index is 12.7. The molecule has 1 rings (SSSR count). The number of nitrogens with two attached hydrogens (primary N) is 1. The van der Waals surface area contributed by atoms with Crippen LogP contribution in [0.2, 0.25) is 0 Å². The number of halogens is 2. The third-order valence-electron chi connectivity index (χ3n) is 1.57. The molecule has 0 saturated carbocycles. The highest BCUT2D eigenvalue weighted by atomic mass is 19.1. The van der Waals surface area contributed by atoms with Gasteiger partial charge in [0.2, 0.25) is 0 Å². The van der Waals surface area contributed by atoms with E-state index in [0.29, 0.717) is 5.56 Å². The Kier molecular flexibility index (Phi) is 2.28. The van der Waals surface area contributed by atoms with Gasteiger partial charge in [0.05, 0.1) is 0 Å². The van der Waals surface area contributed by atoms with E-state index in [1.165, 1.54) is 0 Å². The van der Waals surface area contributed by atoms with Crippen LogP contribution in [0.25, 0.3) is 0 Å². The smallest absolute Gasteiger partial charge is 0.187 e. The molecule has 1 atom stereocenters. The van der Waals surface area contributed by atoms with Gasteiger partial charge < -0.3 is 10.8 Å². The second-order valence-corrected chi connectivity index (χ2v) is 2.62. The molecule has 1 aromatic carbocycles. The Bertz CT molecular complexity index is 276. The SMILES string of the molecule is CC(N)c1cc(F)c(O)c(F)c1. The molecular formula is C8H9F2NO. The highest BCUT2D eigenvalue weighted by Crippen LogP contribution is 2.23. The number of rotatable bonds is 1. The van der Waals surface area contributed by atoms with Crippen LogP contribution in [0, 0.1) is 11.6 Å². The highest BCUT2D eigenvalue weighted by Gasteiger charge is 2.10. The Morgan fingerprint density at radius 2 is 1.75 bits per heavy atom. The average Bonchev–Trinajstić information content (AvgIpc) is 1.99. The molecular weight excluding hydrogens is 164 g/mol. The van der Waals surface area contributed by atoms with Crippen LogP contribution in [0.3, 0.4) is 0 Å². The fourth-order valence-corrected chi connectivity index (χ4v) is 0.848. The second-order valence-electron chi connectivity index (χ2n) is 2.62. The van der Waals surface area contributed by atoms with Crippen molar-refractivity contribution in [3.05, 3.63) is 29.3 Å². The first-order valence-electron chi connectivity index (χ1n) is 3.46. The van der Waals surface area contributed by atoms with Crippen molar-refractivity contribution in [3.63, 3.8) is 0 Å². The van der Waals surface area contributed by atoms with Crippen LogP contribution < -0.4 is 5.73 Å². The standard InChI is InChI=1S/C8H9F2NO/c1-4(11)5-2-6(9)8(12)7(10)3-5/h2-4,12H,11H2,1H3. The number of phenolic OH excluding ortho intramolecular Hbond substituents is 1. The Morgan fingerprint density at radius 3 is 2.08 bits per heavy atom. The van der Waals surface area contributed by atoms with Crippen molar-refractivity contribution in [1.82, 2.24) is 0 Å². The summed E-state index contributed by atoms with van der Waals surface area (Å²) in [6.45, 7) is 1.60. The summed E-state index contributed by atoms with van der Waals surface area (Å²) in [4.78, 5) is 0. The van der Waals surface area contributed by atoms with Crippen LogP contribution in [-0.4, -0.2) is 5.11 Å². The molecule has 1 unspecified atom stereocenters. The lowest BCUT2D eigenvalue weighted by molar-refractivity contribution is 0.395. The van der Waals surface area contributed by atoms with Gasteiger partial charge in [0.1, 0.15) is 0 Å². The molecule has 0 aliphatic heterocycles. The molecule has 0 bridgehead atoms. The summed E-state index contributed by atoms with van der Waals surface area (Å²) in [5.41, 5.74) is 5.71. The minimum Gasteiger partial charge on any atom is -0.503 e. The lowest BCUT2D eigenvalue weighted by Gasteiger charge is -2.06. The summed E-state index contributed by atoms with van der Waals surface area (Å²) < 4.78 is 25.3. The maximum absolute atomic E-state index is 12.7. The van der Waals surface area contributed by atoms with Gasteiger partial charge in [-0.3, -0.25) is 0 Å². The summed E-state index contributed by atoms with van der Waals surface area (Å²) in [5.74, 6) is -2.93. The van der Waals surface area contributed by atoms with Crippen molar-refractivity contribution in [2.24, 2.45) is 5.73 Å². The van der Waals surface area contributed by atoms with Gasteiger partial charge in [0.25, 0.3) is 0 Å². The van der Waals surface area contributed by atoms with Gasteiger partial charge in [-0.2, -0.15) is 0 Å². The van der Waals surface area contributed by atoms with Crippen LogP contribution in [0.15, 0.2) is 12.1 Å². The minimum atomic E-state index is -0.984. The third kappa shape index (κ3) is 1.53. The van der Waals surface area contributed by atoms with Crippen molar-refractivity contribution in [2.45, 2.75) is 13.0 Å². The van der Waals surface area contributed by atoms with Crippen molar-refractivity contribution in [3.8, 4) is 5.75 Å². The molecule has 0 aromatic heterocycles. The molecule has 2 nitrogen and oxygen atoms in total. The maximum Gasteiger partial charge on any atom is 0.187 e. The van der Waals surface area contributed by atoms with E-state index in [4.69, 9.17) is 10.8 Å². The number of hydrogen-bond acceptors (Lipinski definition) is 2. The zero-order chi connectivity index (χ0) is 9.30. The molecule has 66 valence electrons. The monoisotopic (exact) mass is 173 g/mol. The number of phenols is 1. The molecule has 0 aliphatic carbocycles. The fraction of sp³-hybridized carbons (Fsp3) is 0.250. The van der Waals surface area contributed by atoms with E-state index in [1.54, 1.807) is 6.92 Å². The van der Waals surface area contributed by atoms with Crippen molar-refractivity contribution in [2.75, 3.05) is 0 Å². The van der Waals surface area contributed by atoms with Gasteiger partial charge >= 0.3 is 0 Å². The lowest BCUT2D eigenvalue weighted by atomic mass is 10.1. The first-order chi connectivity index (χ1) is 5.52. The molecule has 1 aromatic rings. The zero-order valence-corrected chi connectivity index (χ0v) is 6.51. The highest BCUT2D eigenvalue weighted by molar-refractivity contribution is 5.31. The van der Waals surface area contributed by atoms with Crippen molar-refractivity contribution in [1.29, 1.82) is 0 Å². The van der Waals surface area contributed by atoms with Crippen LogP contribution in [0.5, 0.6) is 5.75 Å². The second kappa shape index (κ2) is 3.06. The molecule has 0 saturated heterocycles. The Labute approximate surface area is 68.6 Å². The van der Waals surface area contributed by atoms with E-state index in [2.05, 4.69) is 0 Å². The van der Waals surface area contributed by atoms with Gasteiger partial charge in [-0.15, -0.1) is 0 Å². The molecule has 0 amide bonds. The minimum absolute atomic E-state index is 0.322. The average molecular weight is 173 g/mol. The first-order valence-corrected chi connectivity index (χ1v) is 3.46. The topological polar surface area (TPSA) is 46.2 Å². The normalized spacial score (nSPS) is 13.0. The first kappa shape index (κ1) is 8.93. The summed E-state index contributed by atoms with van der Waals surface area (Å²) in [6, 6.07) is 1.58. The summed E-state index contributed by atoms with van der Waals surface area (Å²) >= 11 is 0. The van der Waals surface area contributed by atoms with Gasteiger partial charge in [0, 0.05) is 6.04 Å². The summed E-state index contributed by atoms with van der Waals surface area (Å²) in [5, 5.41) is 8.72. The van der Waals surface area contributed by atoms with Crippen LogP contribution >= 0.6 is 0 Å². The molecule has 0 aliphatic rings. The summed E-state index contributed by atoms with van der Waals surface area (Å²) in [7, 11) is 0. The fourth-order valence-electron chi connectivity index (χ4n) is 0.848. The van der Waals surface area contributed by atoms with E-state index in [9.17, 15) is 8.78 Å². The van der Waals surface area contributed by atoms with E-state index < -0.39 is 23.4 Å². The predicted molar refractivity (Wildman–Crippen MR) is 40.6 cm³/mol. The largest absolute Gasteiger partial charge is 0.503 e. The van der Waals surface area contributed by atoms with Crippen LogP contribution in [0.1, 0.15) is 18.5 Å². The molecule has 0 radical (unpaired) electrons. The molecule has 4 heteroatoms. The van der Waals surface area contributed by atoms with E-state index >= 15 is 0 Å². The summed E-state index contributed by atoms with van der Waals surface area (Å²) in [6.07, 6.45) is 0. The van der Waals surface area contributed by atoms with Gasteiger partial charge in [-0.05, 0) is 24.6 Å². The number of benzene rings is 1. The van der Waals surface area contributed by atoms with E-state index in [0.717, 1.165) is 12.1 Å². The van der Waals surface area contributed by atoms with E-state index in [-0.39, 0.29) is 0 Å². The van der Waals surface area contributed by atoms with Crippen molar-refractivity contribution < 1.29 is 13.9 Å². The third-order valence-corrected chi connectivity index (χ3v) is 1.57. The Morgan fingerprint density at radius 1 is 1.33 bits per heavy atom. The molecule has 0 heterocycles. The molecule has 3 N–H and O–H groups in total. The number of hydrogen-bond donors (Lipinski definition) is 2. The van der Waals surface area contributed by atoms with Gasteiger partial charge in [-0.1, -0.05) is 0 Å². The number of aromatic hydroxyl groups is 1. The lowest BCUT2D eigenvalue weighted by Crippen LogP contribution is -2.05. The van der Waals surface area contributed by atoms with Gasteiger partial charge in [-0.25, -0.2) is 8.78 Å². The van der Waals surface area contributed by atoms with Crippen LogP contribution in [-0.2, 0) is 0 Å².